The number of amides is 1. The molecule has 0 aromatic heterocycles. The molecule has 2 nitrogen and oxygen atoms in total. The van der Waals surface area contributed by atoms with E-state index in [0.29, 0.717) is 5.02 Å². The third kappa shape index (κ3) is 2.99. The molecule has 1 aliphatic rings. The summed E-state index contributed by atoms with van der Waals surface area (Å²) in [6.45, 7) is 0. The summed E-state index contributed by atoms with van der Waals surface area (Å²) in [6, 6.07) is 8.10. The summed E-state index contributed by atoms with van der Waals surface area (Å²) < 4.78 is 0. The second-order valence-electron chi connectivity index (χ2n) is 4.25. The fraction of sp³-hybridized carbons (Fsp3) is 0.462. The van der Waals surface area contributed by atoms with Gasteiger partial charge in [0.05, 0.1) is 5.02 Å². The molecule has 1 aliphatic carbocycles. The first kappa shape index (κ1) is 11.5. The molecule has 0 unspecified atom stereocenters. The standard InChI is InChI=1S/C13H15ClNO/c14-11-7-4-8-12(9-11)15-13(16)10-5-2-1-3-6-10/h4,8-10H,1-3,5-6H2,(H,15,16). The summed E-state index contributed by atoms with van der Waals surface area (Å²) in [7, 11) is 0. The maximum atomic E-state index is 11.9. The van der Waals surface area contributed by atoms with Crippen LogP contribution >= 0.6 is 11.6 Å². The van der Waals surface area contributed by atoms with Crippen molar-refractivity contribution in [3.63, 3.8) is 0 Å². The highest BCUT2D eigenvalue weighted by atomic mass is 35.5. The van der Waals surface area contributed by atoms with Crippen molar-refractivity contribution in [1.82, 2.24) is 0 Å². The molecule has 1 fully saturated rings. The van der Waals surface area contributed by atoms with Crippen LogP contribution in [0.15, 0.2) is 18.2 Å². The lowest BCUT2D eigenvalue weighted by Crippen LogP contribution is -2.24. The van der Waals surface area contributed by atoms with Crippen molar-refractivity contribution in [2.75, 3.05) is 5.32 Å². The van der Waals surface area contributed by atoms with Crippen LogP contribution in [0, 0.1) is 12.0 Å². The number of hydrogen-bond acceptors (Lipinski definition) is 1. The minimum Gasteiger partial charge on any atom is -0.326 e. The topological polar surface area (TPSA) is 29.1 Å². The van der Waals surface area contributed by atoms with E-state index in [-0.39, 0.29) is 11.8 Å². The van der Waals surface area contributed by atoms with Gasteiger partial charge in [-0.15, -0.1) is 0 Å². The maximum absolute atomic E-state index is 11.9. The summed E-state index contributed by atoms with van der Waals surface area (Å²) in [5.74, 6) is 0.304. The van der Waals surface area contributed by atoms with Crippen LogP contribution in [0.25, 0.3) is 0 Å². The lowest BCUT2D eigenvalue weighted by molar-refractivity contribution is -0.120. The number of benzene rings is 1. The Morgan fingerprint density at radius 1 is 1.38 bits per heavy atom. The fourth-order valence-electron chi connectivity index (χ4n) is 2.12. The van der Waals surface area contributed by atoms with Gasteiger partial charge in [0.1, 0.15) is 0 Å². The highest BCUT2D eigenvalue weighted by Crippen LogP contribution is 2.25. The van der Waals surface area contributed by atoms with Crippen LogP contribution in [0.3, 0.4) is 0 Å². The minimum atomic E-state index is 0.127. The summed E-state index contributed by atoms with van der Waals surface area (Å²) in [5.41, 5.74) is 0.763. The molecular formula is C13H15ClNO. The van der Waals surface area contributed by atoms with Crippen LogP contribution in [-0.4, -0.2) is 5.91 Å². The minimum absolute atomic E-state index is 0.127. The Hall–Kier alpha value is -1.02. The molecule has 0 aliphatic heterocycles. The number of nitrogens with one attached hydrogen (secondary N) is 1. The molecule has 1 amide bonds. The lowest BCUT2D eigenvalue weighted by atomic mass is 9.88. The molecule has 2 rings (SSSR count). The van der Waals surface area contributed by atoms with E-state index in [4.69, 9.17) is 11.6 Å². The Balaban J connectivity index is 1.96. The number of rotatable bonds is 2. The second kappa shape index (κ2) is 5.35. The largest absolute Gasteiger partial charge is 0.326 e. The monoisotopic (exact) mass is 236 g/mol. The van der Waals surface area contributed by atoms with Crippen LogP contribution in [0.4, 0.5) is 5.69 Å². The molecule has 0 saturated heterocycles. The van der Waals surface area contributed by atoms with Gasteiger partial charge in [0.2, 0.25) is 5.91 Å². The Kier molecular flexibility index (Phi) is 3.83. The van der Waals surface area contributed by atoms with Gasteiger partial charge in [-0.05, 0) is 25.0 Å². The Morgan fingerprint density at radius 2 is 2.12 bits per heavy atom. The SMILES string of the molecule is O=C(Nc1cc[c]c(Cl)c1)C1CCCCC1. The molecule has 1 N–H and O–H groups in total. The van der Waals surface area contributed by atoms with Crippen molar-refractivity contribution in [1.29, 1.82) is 0 Å². The van der Waals surface area contributed by atoms with Gasteiger partial charge in [-0.3, -0.25) is 4.79 Å². The molecule has 0 bridgehead atoms. The van der Waals surface area contributed by atoms with E-state index < -0.39 is 0 Å². The predicted octanol–water partition coefficient (Wildman–Crippen LogP) is 3.66. The molecule has 16 heavy (non-hydrogen) atoms. The zero-order valence-electron chi connectivity index (χ0n) is 9.13. The van der Waals surface area contributed by atoms with E-state index in [1.165, 1.54) is 19.3 Å². The summed E-state index contributed by atoms with van der Waals surface area (Å²) in [5, 5.41) is 3.44. The predicted molar refractivity (Wildman–Crippen MR) is 65.5 cm³/mol. The van der Waals surface area contributed by atoms with Crippen LogP contribution in [0.2, 0.25) is 5.02 Å². The zero-order valence-corrected chi connectivity index (χ0v) is 9.89. The van der Waals surface area contributed by atoms with Crippen LogP contribution in [0.5, 0.6) is 0 Å². The Labute approximate surface area is 101 Å². The van der Waals surface area contributed by atoms with Crippen molar-refractivity contribution < 1.29 is 4.79 Å². The van der Waals surface area contributed by atoms with Crippen molar-refractivity contribution in [2.24, 2.45) is 5.92 Å². The summed E-state index contributed by atoms with van der Waals surface area (Å²) in [6.07, 6.45) is 5.62. The average Bonchev–Trinajstić information content (AvgIpc) is 2.30. The number of carbonyl (C=O) groups is 1. The molecule has 1 saturated carbocycles. The fourth-order valence-corrected chi connectivity index (χ4v) is 2.30. The molecule has 85 valence electrons. The van der Waals surface area contributed by atoms with E-state index >= 15 is 0 Å². The van der Waals surface area contributed by atoms with E-state index in [9.17, 15) is 4.79 Å². The first-order valence-corrected chi connectivity index (χ1v) is 6.11. The Morgan fingerprint density at radius 3 is 2.81 bits per heavy atom. The van der Waals surface area contributed by atoms with Crippen molar-refractivity contribution in [3.05, 3.63) is 29.3 Å². The Bertz CT molecular complexity index is 372. The van der Waals surface area contributed by atoms with Gasteiger partial charge in [-0.25, -0.2) is 0 Å². The first-order chi connectivity index (χ1) is 7.75. The molecular weight excluding hydrogens is 222 g/mol. The number of carbonyl (C=O) groups excluding carboxylic acids is 1. The van der Waals surface area contributed by atoms with Crippen LogP contribution in [0.1, 0.15) is 32.1 Å². The average molecular weight is 237 g/mol. The molecule has 0 spiro atoms. The second-order valence-corrected chi connectivity index (χ2v) is 4.66. The van der Waals surface area contributed by atoms with E-state index in [0.717, 1.165) is 18.5 Å². The van der Waals surface area contributed by atoms with Gasteiger partial charge in [-0.1, -0.05) is 36.9 Å². The highest BCUT2D eigenvalue weighted by molar-refractivity contribution is 6.30. The van der Waals surface area contributed by atoms with Gasteiger partial charge < -0.3 is 5.32 Å². The molecule has 0 atom stereocenters. The normalized spacial score (nSPS) is 17.1. The quantitative estimate of drug-likeness (QED) is 0.834. The summed E-state index contributed by atoms with van der Waals surface area (Å²) >= 11 is 5.81. The number of halogens is 1. The molecule has 1 radical (unpaired) electrons. The van der Waals surface area contributed by atoms with Gasteiger partial charge in [0.15, 0.2) is 0 Å². The zero-order chi connectivity index (χ0) is 11.4. The first-order valence-electron chi connectivity index (χ1n) is 5.74. The van der Waals surface area contributed by atoms with Crippen molar-refractivity contribution in [2.45, 2.75) is 32.1 Å². The smallest absolute Gasteiger partial charge is 0.227 e. The van der Waals surface area contributed by atoms with Crippen molar-refractivity contribution >= 4 is 23.2 Å². The summed E-state index contributed by atoms with van der Waals surface area (Å²) in [4.78, 5) is 11.9. The lowest BCUT2D eigenvalue weighted by Gasteiger charge is -2.20. The molecule has 1 aromatic carbocycles. The molecule has 3 heteroatoms. The third-order valence-electron chi connectivity index (χ3n) is 3.01. The van der Waals surface area contributed by atoms with E-state index in [2.05, 4.69) is 11.4 Å². The van der Waals surface area contributed by atoms with Gasteiger partial charge >= 0.3 is 0 Å². The van der Waals surface area contributed by atoms with Crippen LogP contribution in [-0.2, 0) is 4.79 Å². The van der Waals surface area contributed by atoms with Gasteiger partial charge in [-0.2, -0.15) is 0 Å². The number of hydrogen-bond donors (Lipinski definition) is 1. The third-order valence-corrected chi connectivity index (χ3v) is 3.23. The van der Waals surface area contributed by atoms with Gasteiger partial charge in [0.25, 0.3) is 0 Å². The van der Waals surface area contributed by atoms with E-state index in [1.807, 2.05) is 6.07 Å². The molecule has 0 heterocycles. The van der Waals surface area contributed by atoms with Crippen LogP contribution < -0.4 is 5.32 Å². The van der Waals surface area contributed by atoms with Crippen molar-refractivity contribution in [3.8, 4) is 0 Å². The maximum Gasteiger partial charge on any atom is 0.227 e. The highest BCUT2D eigenvalue weighted by Gasteiger charge is 2.20. The number of anilines is 1. The molecule has 1 aromatic rings. The van der Waals surface area contributed by atoms with E-state index in [1.54, 1.807) is 12.1 Å². The van der Waals surface area contributed by atoms with Gasteiger partial charge in [0, 0.05) is 17.7 Å².